The van der Waals surface area contributed by atoms with Gasteiger partial charge in [0, 0.05) is 16.6 Å². The molecule has 174 valence electrons. The van der Waals surface area contributed by atoms with Gasteiger partial charge in [-0.1, -0.05) is 46.3 Å². The largest absolute Gasteiger partial charge is 0.350 e. The summed E-state index contributed by atoms with van der Waals surface area (Å²) >= 11 is 3.39. The molecule has 0 unspecified atom stereocenters. The third kappa shape index (κ3) is 7.63. The number of nitrogens with one attached hydrogen (secondary N) is 1. The first-order valence-corrected chi connectivity index (χ1v) is 12.8. The Morgan fingerprint density at radius 1 is 1.03 bits per heavy atom. The minimum Gasteiger partial charge on any atom is -0.350 e. The average molecular weight is 524 g/mol. The van der Waals surface area contributed by atoms with E-state index in [0.717, 1.165) is 20.6 Å². The van der Waals surface area contributed by atoms with Gasteiger partial charge in [-0.3, -0.25) is 13.9 Å². The van der Waals surface area contributed by atoms with E-state index in [0.29, 0.717) is 5.69 Å². The lowest BCUT2D eigenvalue weighted by Crippen LogP contribution is -2.54. The summed E-state index contributed by atoms with van der Waals surface area (Å²) in [6.45, 7) is 6.98. The van der Waals surface area contributed by atoms with E-state index in [4.69, 9.17) is 0 Å². The summed E-state index contributed by atoms with van der Waals surface area (Å²) in [5, 5.41) is 2.89. The van der Waals surface area contributed by atoms with E-state index < -0.39 is 34.1 Å². The molecule has 0 radical (unpaired) electrons. The Kier molecular flexibility index (Phi) is 8.47. The van der Waals surface area contributed by atoms with Gasteiger partial charge < -0.3 is 10.2 Å². The summed E-state index contributed by atoms with van der Waals surface area (Å²) in [5.74, 6) is -0.785. The fourth-order valence-corrected chi connectivity index (χ4v) is 4.17. The zero-order valence-electron chi connectivity index (χ0n) is 19.0. The van der Waals surface area contributed by atoms with Crippen molar-refractivity contribution in [2.45, 2.75) is 45.8 Å². The van der Waals surface area contributed by atoms with Crippen LogP contribution in [0.1, 0.15) is 33.3 Å². The van der Waals surface area contributed by atoms with Crippen molar-refractivity contribution in [2.75, 3.05) is 17.1 Å². The van der Waals surface area contributed by atoms with E-state index in [-0.39, 0.29) is 12.5 Å². The van der Waals surface area contributed by atoms with Gasteiger partial charge in [0.05, 0.1) is 11.9 Å². The average Bonchev–Trinajstić information content (AvgIpc) is 2.69. The lowest BCUT2D eigenvalue weighted by molar-refractivity contribution is -0.140. The Hall–Kier alpha value is -2.39. The molecule has 2 amide bonds. The first-order valence-electron chi connectivity index (χ1n) is 10.2. The lowest BCUT2D eigenvalue weighted by atomic mass is 10.1. The zero-order valence-corrected chi connectivity index (χ0v) is 21.4. The van der Waals surface area contributed by atoms with Crippen LogP contribution in [0.25, 0.3) is 0 Å². The summed E-state index contributed by atoms with van der Waals surface area (Å²) in [7, 11) is -3.72. The second kappa shape index (κ2) is 10.5. The van der Waals surface area contributed by atoms with Crippen molar-refractivity contribution >= 4 is 43.5 Å². The fraction of sp³-hybridized carbons (Fsp3) is 0.391. The molecule has 7 nitrogen and oxygen atoms in total. The molecule has 2 aromatic carbocycles. The Bertz CT molecular complexity index is 1040. The number of amides is 2. The van der Waals surface area contributed by atoms with Gasteiger partial charge in [0.25, 0.3) is 0 Å². The first-order chi connectivity index (χ1) is 14.8. The maximum atomic E-state index is 13.4. The molecule has 0 bridgehead atoms. The van der Waals surface area contributed by atoms with Gasteiger partial charge in [0.1, 0.15) is 12.6 Å². The molecule has 2 aromatic rings. The van der Waals surface area contributed by atoms with Crippen LogP contribution in [0.4, 0.5) is 5.69 Å². The Morgan fingerprint density at radius 3 is 2.09 bits per heavy atom. The highest BCUT2D eigenvalue weighted by atomic mass is 79.9. The molecule has 32 heavy (non-hydrogen) atoms. The van der Waals surface area contributed by atoms with Crippen LogP contribution in [0.2, 0.25) is 0 Å². The van der Waals surface area contributed by atoms with E-state index in [1.165, 1.54) is 4.90 Å². The number of carbonyl (C=O) groups is 2. The van der Waals surface area contributed by atoms with Crippen molar-refractivity contribution in [3.8, 4) is 0 Å². The van der Waals surface area contributed by atoms with E-state index in [2.05, 4.69) is 21.2 Å². The van der Waals surface area contributed by atoms with Gasteiger partial charge in [0.15, 0.2) is 0 Å². The predicted octanol–water partition coefficient (Wildman–Crippen LogP) is 3.55. The topological polar surface area (TPSA) is 86.8 Å². The summed E-state index contributed by atoms with van der Waals surface area (Å²) in [5.41, 5.74) is 0.738. The molecule has 0 saturated carbocycles. The lowest BCUT2D eigenvalue weighted by Gasteiger charge is -2.33. The van der Waals surface area contributed by atoms with Crippen molar-refractivity contribution in [3.05, 3.63) is 64.6 Å². The summed E-state index contributed by atoms with van der Waals surface area (Å²) in [4.78, 5) is 27.7. The first kappa shape index (κ1) is 25.9. The third-order valence-corrected chi connectivity index (χ3v) is 6.32. The van der Waals surface area contributed by atoms with Crippen molar-refractivity contribution in [1.82, 2.24) is 10.2 Å². The molecule has 0 spiro atoms. The predicted molar refractivity (Wildman–Crippen MR) is 131 cm³/mol. The second-order valence-corrected chi connectivity index (χ2v) is 11.5. The zero-order chi connectivity index (χ0) is 24.1. The monoisotopic (exact) mass is 523 g/mol. The highest BCUT2D eigenvalue weighted by molar-refractivity contribution is 9.10. The molecule has 0 aromatic heterocycles. The summed E-state index contributed by atoms with van der Waals surface area (Å²) in [6, 6.07) is 15.0. The molecule has 9 heteroatoms. The minimum absolute atomic E-state index is 0.164. The second-order valence-electron chi connectivity index (χ2n) is 8.67. The van der Waals surface area contributed by atoms with Gasteiger partial charge in [0.2, 0.25) is 21.8 Å². The Morgan fingerprint density at radius 2 is 1.59 bits per heavy atom. The van der Waals surface area contributed by atoms with Crippen LogP contribution >= 0.6 is 15.9 Å². The number of nitrogens with zero attached hydrogens (tertiary/aromatic N) is 2. The number of hydrogen-bond acceptors (Lipinski definition) is 4. The molecule has 0 saturated heterocycles. The maximum absolute atomic E-state index is 13.4. The van der Waals surface area contributed by atoms with Crippen LogP contribution in [-0.2, 0) is 26.2 Å². The van der Waals surface area contributed by atoms with Gasteiger partial charge >= 0.3 is 0 Å². The maximum Gasteiger partial charge on any atom is 0.244 e. The number of hydrogen-bond donors (Lipinski definition) is 1. The van der Waals surface area contributed by atoms with E-state index in [1.807, 2.05) is 45.0 Å². The van der Waals surface area contributed by atoms with Crippen LogP contribution < -0.4 is 9.62 Å². The third-order valence-electron chi connectivity index (χ3n) is 4.66. The van der Waals surface area contributed by atoms with Crippen LogP contribution in [0.3, 0.4) is 0 Å². The van der Waals surface area contributed by atoms with E-state index in [1.54, 1.807) is 37.3 Å². The van der Waals surface area contributed by atoms with Crippen LogP contribution in [0.15, 0.2) is 59.1 Å². The molecule has 0 aliphatic carbocycles. The number of para-hydroxylation sites is 1. The number of carbonyl (C=O) groups excluding carboxylic acids is 2. The number of sulfonamides is 1. The Labute approximate surface area is 199 Å². The van der Waals surface area contributed by atoms with Gasteiger partial charge in [-0.2, -0.15) is 0 Å². The molecule has 2 rings (SSSR count). The van der Waals surface area contributed by atoms with E-state index in [9.17, 15) is 18.0 Å². The van der Waals surface area contributed by atoms with Crippen LogP contribution in [0, 0.1) is 0 Å². The molecule has 0 fully saturated rings. The number of anilines is 1. The number of halogens is 1. The molecule has 1 atom stereocenters. The molecular weight excluding hydrogens is 494 g/mol. The molecule has 0 heterocycles. The minimum atomic E-state index is -3.72. The van der Waals surface area contributed by atoms with Gasteiger partial charge in [-0.25, -0.2) is 8.42 Å². The molecule has 0 aliphatic heterocycles. The quantitative estimate of drug-likeness (QED) is 0.573. The molecule has 0 aliphatic rings. The number of benzene rings is 2. The highest BCUT2D eigenvalue weighted by Gasteiger charge is 2.31. The number of rotatable bonds is 8. The smallest absolute Gasteiger partial charge is 0.244 e. The summed E-state index contributed by atoms with van der Waals surface area (Å²) < 4.78 is 26.8. The van der Waals surface area contributed by atoms with Crippen LogP contribution in [0.5, 0.6) is 0 Å². The van der Waals surface area contributed by atoms with E-state index >= 15 is 0 Å². The van der Waals surface area contributed by atoms with Crippen molar-refractivity contribution < 1.29 is 18.0 Å². The Balaban J connectivity index is 2.36. The molecule has 1 N–H and O–H groups in total. The highest BCUT2D eigenvalue weighted by Crippen LogP contribution is 2.19. The normalized spacial score (nSPS) is 12.7. The van der Waals surface area contributed by atoms with Gasteiger partial charge in [-0.05, 0) is 57.5 Å². The fourth-order valence-electron chi connectivity index (χ4n) is 3.05. The SMILES string of the molecule is C[C@@H](C(=O)NC(C)(C)C)N(Cc1ccc(Br)cc1)C(=O)CN(c1ccccc1)S(C)(=O)=O. The summed E-state index contributed by atoms with van der Waals surface area (Å²) in [6.07, 6.45) is 1.06. The van der Waals surface area contributed by atoms with Crippen molar-refractivity contribution in [1.29, 1.82) is 0 Å². The van der Waals surface area contributed by atoms with Crippen molar-refractivity contribution in [2.24, 2.45) is 0 Å². The van der Waals surface area contributed by atoms with Crippen LogP contribution in [-0.4, -0.2) is 49.5 Å². The standard InChI is InChI=1S/C23H30BrN3O4S/c1-17(22(29)25-23(2,3)4)26(15-18-11-13-19(24)14-12-18)21(28)16-27(32(5,30)31)20-9-7-6-8-10-20/h6-14,17H,15-16H2,1-5H3,(H,25,29)/t17-/m0/s1. The molecular formula is C23H30BrN3O4S. The van der Waals surface area contributed by atoms with Gasteiger partial charge in [-0.15, -0.1) is 0 Å². The van der Waals surface area contributed by atoms with Crippen molar-refractivity contribution in [3.63, 3.8) is 0 Å².